The van der Waals surface area contributed by atoms with Crippen LogP contribution in [0.5, 0.6) is 11.5 Å². The fraction of sp³-hybridized carbons (Fsp3) is 0.222. The first-order valence-corrected chi connectivity index (χ1v) is 3.84. The van der Waals surface area contributed by atoms with Crippen LogP contribution in [0.1, 0.15) is 17.2 Å². The zero-order valence-electron chi connectivity index (χ0n) is 6.73. The van der Waals surface area contributed by atoms with Crippen molar-refractivity contribution in [2.45, 2.75) is 12.7 Å². The van der Waals surface area contributed by atoms with Crippen LogP contribution in [-0.2, 0) is 16.1 Å². The lowest BCUT2D eigenvalue weighted by Gasteiger charge is -2.03. The maximum absolute atomic E-state index is 10.5. The highest BCUT2D eigenvalue weighted by Gasteiger charge is 2.24. The Hall–Kier alpha value is -1.55. The van der Waals surface area contributed by atoms with E-state index in [2.05, 4.69) is 0 Å². The quantitative estimate of drug-likeness (QED) is 0.497. The summed E-state index contributed by atoms with van der Waals surface area (Å²) < 4.78 is 5.09. The van der Waals surface area contributed by atoms with E-state index in [4.69, 9.17) is 9.84 Å². The van der Waals surface area contributed by atoms with Crippen LogP contribution in [0.15, 0.2) is 12.1 Å². The molecule has 2 rings (SSSR count). The van der Waals surface area contributed by atoms with Crippen LogP contribution in [0, 0.1) is 0 Å². The average Bonchev–Trinajstić information content (AvgIpc) is 2.48. The summed E-state index contributed by atoms with van der Waals surface area (Å²) in [7, 11) is 0. The Morgan fingerprint density at radius 3 is 2.77 bits per heavy atom. The van der Waals surface area contributed by atoms with Gasteiger partial charge in [-0.3, -0.25) is 0 Å². The molecule has 1 aromatic carbocycles. The Kier molecular flexibility index (Phi) is 1.70. The minimum Gasteiger partial charge on any atom is -0.504 e. The molecule has 1 aliphatic rings. The molecule has 68 valence electrons. The van der Waals surface area contributed by atoms with Gasteiger partial charge in [0.15, 0.2) is 17.8 Å². The first-order chi connectivity index (χ1) is 6.22. The number of hydrogen-bond acceptors (Lipinski definition) is 4. The van der Waals surface area contributed by atoms with Crippen molar-refractivity contribution in [1.29, 1.82) is 0 Å². The lowest BCUT2D eigenvalue weighted by molar-refractivity contribution is -0.117. The number of carbonyl (C=O) groups is 1. The summed E-state index contributed by atoms with van der Waals surface area (Å²) in [6.07, 6.45) is 0.0592. The van der Waals surface area contributed by atoms with Crippen molar-refractivity contribution in [3.63, 3.8) is 0 Å². The Balaban J connectivity index is 2.53. The number of phenolic OH excluding ortho intramolecular Hbond substituents is 2. The summed E-state index contributed by atoms with van der Waals surface area (Å²) in [5, 5.41) is 18.3. The Bertz CT molecular complexity index is 359. The molecule has 0 bridgehead atoms. The summed E-state index contributed by atoms with van der Waals surface area (Å²) in [5.41, 5.74) is 1.37. The van der Waals surface area contributed by atoms with Crippen molar-refractivity contribution in [3.05, 3.63) is 23.3 Å². The normalized spacial score (nSPS) is 19.8. The largest absolute Gasteiger partial charge is 0.504 e. The maximum Gasteiger partial charge on any atom is 0.157 e. The van der Waals surface area contributed by atoms with Gasteiger partial charge in [-0.2, -0.15) is 0 Å². The highest BCUT2D eigenvalue weighted by atomic mass is 16.5. The summed E-state index contributed by atoms with van der Waals surface area (Å²) in [5.74, 6) is -0.412. The van der Waals surface area contributed by atoms with Crippen LogP contribution in [0.25, 0.3) is 0 Å². The van der Waals surface area contributed by atoms with Crippen LogP contribution < -0.4 is 0 Å². The van der Waals surface area contributed by atoms with E-state index in [1.807, 2.05) is 0 Å². The van der Waals surface area contributed by atoms with E-state index in [1.54, 1.807) is 0 Å². The van der Waals surface area contributed by atoms with Gasteiger partial charge in [0, 0.05) is 0 Å². The molecule has 4 heteroatoms. The van der Waals surface area contributed by atoms with Crippen LogP contribution in [0.2, 0.25) is 0 Å². The van der Waals surface area contributed by atoms with Gasteiger partial charge in [-0.05, 0) is 23.3 Å². The Morgan fingerprint density at radius 1 is 1.38 bits per heavy atom. The van der Waals surface area contributed by atoms with E-state index in [0.717, 1.165) is 5.56 Å². The number of fused-ring (bicyclic) bond motifs is 1. The van der Waals surface area contributed by atoms with Gasteiger partial charge < -0.3 is 19.7 Å². The van der Waals surface area contributed by atoms with Crippen molar-refractivity contribution >= 4 is 6.29 Å². The molecule has 4 nitrogen and oxygen atoms in total. The SMILES string of the molecule is O=CC1OCc2cc(O)c(O)cc21. The summed E-state index contributed by atoms with van der Waals surface area (Å²) in [4.78, 5) is 10.5. The number of carbonyl (C=O) groups excluding carboxylic acids is 1. The number of ether oxygens (including phenoxy) is 1. The average molecular weight is 180 g/mol. The molecule has 0 radical (unpaired) electrons. The zero-order chi connectivity index (χ0) is 9.42. The standard InChI is InChI=1S/C9H8O4/c10-3-9-6-2-8(12)7(11)1-5(6)4-13-9/h1-3,9,11-12H,4H2. The fourth-order valence-corrected chi connectivity index (χ4v) is 1.41. The number of aldehydes is 1. The predicted molar refractivity (Wildman–Crippen MR) is 43.4 cm³/mol. The van der Waals surface area contributed by atoms with Gasteiger partial charge >= 0.3 is 0 Å². The molecular formula is C9H8O4. The summed E-state index contributed by atoms with van der Waals surface area (Å²) in [6.45, 7) is 0.298. The number of benzene rings is 1. The zero-order valence-corrected chi connectivity index (χ0v) is 6.73. The molecule has 1 aliphatic heterocycles. The van der Waals surface area contributed by atoms with Gasteiger partial charge in [-0.25, -0.2) is 0 Å². The molecule has 1 unspecified atom stereocenters. The fourth-order valence-electron chi connectivity index (χ4n) is 1.41. The molecule has 0 saturated heterocycles. The molecule has 2 N–H and O–H groups in total. The van der Waals surface area contributed by atoms with Gasteiger partial charge in [-0.1, -0.05) is 0 Å². The number of aromatic hydroxyl groups is 2. The third-order valence-electron chi connectivity index (χ3n) is 2.08. The van der Waals surface area contributed by atoms with E-state index >= 15 is 0 Å². The number of hydrogen-bond donors (Lipinski definition) is 2. The molecular weight excluding hydrogens is 172 g/mol. The van der Waals surface area contributed by atoms with E-state index in [0.29, 0.717) is 18.5 Å². The van der Waals surface area contributed by atoms with E-state index < -0.39 is 6.10 Å². The minimum absolute atomic E-state index is 0.186. The van der Waals surface area contributed by atoms with Crippen LogP contribution in [0.3, 0.4) is 0 Å². The molecule has 0 spiro atoms. The van der Waals surface area contributed by atoms with Crippen LogP contribution >= 0.6 is 0 Å². The second kappa shape index (κ2) is 2.74. The van der Waals surface area contributed by atoms with Crippen molar-refractivity contribution in [2.75, 3.05) is 0 Å². The van der Waals surface area contributed by atoms with Crippen LogP contribution in [-0.4, -0.2) is 16.5 Å². The smallest absolute Gasteiger partial charge is 0.157 e. The minimum atomic E-state index is -0.610. The molecule has 13 heavy (non-hydrogen) atoms. The molecule has 1 aromatic rings. The summed E-state index contributed by atoms with van der Waals surface area (Å²) in [6, 6.07) is 2.77. The van der Waals surface area contributed by atoms with Gasteiger partial charge in [0.1, 0.15) is 6.10 Å². The third kappa shape index (κ3) is 1.15. The third-order valence-corrected chi connectivity index (χ3v) is 2.08. The number of phenols is 2. The Morgan fingerprint density at radius 2 is 2.08 bits per heavy atom. The first-order valence-electron chi connectivity index (χ1n) is 3.84. The molecule has 1 atom stereocenters. The van der Waals surface area contributed by atoms with Gasteiger partial charge in [-0.15, -0.1) is 0 Å². The van der Waals surface area contributed by atoms with Gasteiger partial charge in [0.05, 0.1) is 6.61 Å². The molecule has 0 amide bonds. The lowest BCUT2D eigenvalue weighted by Crippen LogP contribution is -1.95. The maximum atomic E-state index is 10.5. The predicted octanol–water partition coefficient (Wildman–Crippen LogP) is 0.868. The van der Waals surface area contributed by atoms with Crippen molar-refractivity contribution < 1.29 is 19.7 Å². The van der Waals surface area contributed by atoms with Crippen molar-refractivity contribution in [3.8, 4) is 11.5 Å². The molecule has 1 heterocycles. The topological polar surface area (TPSA) is 66.8 Å². The lowest BCUT2D eigenvalue weighted by atomic mass is 10.1. The monoisotopic (exact) mass is 180 g/mol. The van der Waals surface area contributed by atoms with Crippen molar-refractivity contribution in [1.82, 2.24) is 0 Å². The molecule has 0 aromatic heterocycles. The molecule has 0 aliphatic carbocycles. The van der Waals surface area contributed by atoms with Gasteiger partial charge in [0.25, 0.3) is 0 Å². The van der Waals surface area contributed by atoms with E-state index in [9.17, 15) is 9.90 Å². The van der Waals surface area contributed by atoms with Crippen molar-refractivity contribution in [2.24, 2.45) is 0 Å². The molecule has 0 fully saturated rings. The number of rotatable bonds is 1. The second-order valence-corrected chi connectivity index (χ2v) is 2.91. The van der Waals surface area contributed by atoms with Gasteiger partial charge in [0.2, 0.25) is 0 Å². The van der Waals surface area contributed by atoms with E-state index in [-0.39, 0.29) is 11.5 Å². The Labute approximate surface area is 74.4 Å². The highest BCUT2D eigenvalue weighted by molar-refractivity contribution is 5.64. The highest BCUT2D eigenvalue weighted by Crippen LogP contribution is 2.36. The first kappa shape index (κ1) is 8.07. The summed E-state index contributed by atoms with van der Waals surface area (Å²) >= 11 is 0. The van der Waals surface area contributed by atoms with Crippen LogP contribution in [0.4, 0.5) is 0 Å². The van der Waals surface area contributed by atoms with E-state index in [1.165, 1.54) is 12.1 Å². The second-order valence-electron chi connectivity index (χ2n) is 2.91. The molecule has 0 saturated carbocycles.